The minimum atomic E-state index is 0.153. The first-order chi connectivity index (χ1) is 7.74. The van der Waals surface area contributed by atoms with Gasteiger partial charge in [-0.15, -0.1) is 0 Å². The van der Waals surface area contributed by atoms with Crippen molar-refractivity contribution in [3.63, 3.8) is 0 Å². The molecule has 0 fully saturated rings. The molecule has 0 spiro atoms. The van der Waals surface area contributed by atoms with Gasteiger partial charge in [-0.3, -0.25) is 4.79 Å². The van der Waals surface area contributed by atoms with Crippen molar-refractivity contribution in [2.24, 2.45) is 0 Å². The summed E-state index contributed by atoms with van der Waals surface area (Å²) >= 11 is 5.77. The van der Waals surface area contributed by atoms with E-state index < -0.39 is 0 Å². The zero-order valence-corrected chi connectivity index (χ0v) is 9.39. The predicted molar refractivity (Wildman–Crippen MR) is 62.4 cm³/mol. The highest BCUT2D eigenvalue weighted by Gasteiger charge is 2.04. The molecule has 16 heavy (non-hydrogen) atoms. The minimum Gasteiger partial charge on any atom is -0.330 e. The smallest absolute Gasteiger partial charge is 0.156 e. The molecule has 0 radical (unpaired) electrons. The maximum Gasteiger partial charge on any atom is 0.156 e. The maximum atomic E-state index is 11.7. The molecule has 0 amide bonds. The first-order valence-electron chi connectivity index (χ1n) is 4.96. The molecule has 0 bridgehead atoms. The summed E-state index contributed by atoms with van der Waals surface area (Å²) in [5.41, 5.74) is 0.981. The number of imidazole rings is 1. The van der Waals surface area contributed by atoms with E-state index in [0.29, 0.717) is 18.0 Å². The molecule has 0 aliphatic carbocycles. The molecule has 4 heteroatoms. The molecule has 0 aliphatic rings. The zero-order valence-electron chi connectivity index (χ0n) is 8.64. The third-order valence-electron chi connectivity index (χ3n) is 2.23. The summed E-state index contributed by atoms with van der Waals surface area (Å²) in [5.74, 6) is 0.153. The van der Waals surface area contributed by atoms with Gasteiger partial charge in [0, 0.05) is 23.8 Å². The van der Waals surface area contributed by atoms with Gasteiger partial charge in [0.05, 0.1) is 12.9 Å². The van der Waals surface area contributed by atoms with Crippen molar-refractivity contribution in [3.05, 3.63) is 53.6 Å². The molecule has 1 aromatic heterocycles. The fraction of sp³-hybridized carbons (Fsp3) is 0.167. The van der Waals surface area contributed by atoms with Gasteiger partial charge in [0.2, 0.25) is 0 Å². The van der Waals surface area contributed by atoms with E-state index in [2.05, 4.69) is 4.98 Å². The third-order valence-corrected chi connectivity index (χ3v) is 2.48. The number of hydrogen-bond donors (Lipinski definition) is 0. The SMILES string of the molecule is O=C(Cc1ccc(Cl)cc1)Cn1ccnc1. The van der Waals surface area contributed by atoms with Crippen molar-refractivity contribution in [1.29, 1.82) is 0 Å². The number of benzene rings is 1. The van der Waals surface area contributed by atoms with Gasteiger partial charge in [-0.1, -0.05) is 23.7 Å². The highest BCUT2D eigenvalue weighted by Crippen LogP contribution is 2.10. The third kappa shape index (κ3) is 2.94. The Labute approximate surface area is 98.7 Å². The summed E-state index contributed by atoms with van der Waals surface area (Å²) in [6.45, 7) is 0.364. The van der Waals surface area contributed by atoms with E-state index in [1.54, 1.807) is 35.4 Å². The molecule has 0 saturated carbocycles. The molecule has 0 aliphatic heterocycles. The second-order valence-electron chi connectivity index (χ2n) is 3.58. The van der Waals surface area contributed by atoms with Crippen LogP contribution in [0.15, 0.2) is 43.0 Å². The average molecular weight is 235 g/mol. The number of halogens is 1. The number of hydrogen-bond acceptors (Lipinski definition) is 2. The monoisotopic (exact) mass is 234 g/mol. The molecule has 0 atom stereocenters. The highest BCUT2D eigenvalue weighted by atomic mass is 35.5. The van der Waals surface area contributed by atoms with Crippen molar-refractivity contribution in [2.45, 2.75) is 13.0 Å². The van der Waals surface area contributed by atoms with Crippen molar-refractivity contribution >= 4 is 17.4 Å². The molecule has 0 saturated heterocycles. The Morgan fingerprint density at radius 2 is 2.06 bits per heavy atom. The second kappa shape index (κ2) is 4.94. The van der Waals surface area contributed by atoms with E-state index in [-0.39, 0.29) is 5.78 Å². The summed E-state index contributed by atoms with van der Waals surface area (Å²) in [7, 11) is 0. The molecule has 1 aromatic carbocycles. The van der Waals surface area contributed by atoms with Gasteiger partial charge in [-0.2, -0.15) is 0 Å². The molecular weight excluding hydrogens is 224 g/mol. The van der Waals surface area contributed by atoms with Crippen LogP contribution in [0.5, 0.6) is 0 Å². The molecule has 2 rings (SSSR count). The summed E-state index contributed by atoms with van der Waals surface area (Å²) in [5, 5.41) is 0.686. The standard InChI is InChI=1S/C12H11ClN2O/c13-11-3-1-10(2-4-11)7-12(16)8-15-6-5-14-9-15/h1-6,9H,7-8H2. The maximum absolute atomic E-state index is 11.7. The Hall–Kier alpha value is -1.61. The Morgan fingerprint density at radius 1 is 1.31 bits per heavy atom. The molecule has 1 heterocycles. The molecule has 0 unspecified atom stereocenters. The van der Waals surface area contributed by atoms with Crippen LogP contribution in [-0.4, -0.2) is 15.3 Å². The van der Waals surface area contributed by atoms with Crippen LogP contribution in [-0.2, 0) is 17.8 Å². The normalized spacial score (nSPS) is 10.3. The van der Waals surface area contributed by atoms with Gasteiger partial charge in [0.15, 0.2) is 5.78 Å². The van der Waals surface area contributed by atoms with Crippen molar-refractivity contribution in [3.8, 4) is 0 Å². The predicted octanol–water partition coefficient (Wildman–Crippen LogP) is 2.35. The number of carbonyl (C=O) groups is 1. The fourth-order valence-corrected chi connectivity index (χ4v) is 1.60. The Kier molecular flexibility index (Phi) is 3.37. The van der Waals surface area contributed by atoms with Crippen LogP contribution in [0.3, 0.4) is 0 Å². The van der Waals surface area contributed by atoms with E-state index >= 15 is 0 Å². The van der Waals surface area contributed by atoms with Crippen LogP contribution in [0.2, 0.25) is 5.02 Å². The number of Topliss-reactive ketones (excluding diaryl/α,β-unsaturated/α-hetero) is 1. The van der Waals surface area contributed by atoms with Crippen LogP contribution in [0.4, 0.5) is 0 Å². The fourth-order valence-electron chi connectivity index (χ4n) is 1.47. The molecule has 0 N–H and O–H groups in total. The van der Waals surface area contributed by atoms with Gasteiger partial charge in [-0.25, -0.2) is 4.98 Å². The van der Waals surface area contributed by atoms with Gasteiger partial charge in [0.1, 0.15) is 0 Å². The van der Waals surface area contributed by atoms with Crippen LogP contribution in [0.25, 0.3) is 0 Å². The van der Waals surface area contributed by atoms with E-state index in [1.165, 1.54) is 0 Å². The van der Waals surface area contributed by atoms with E-state index in [4.69, 9.17) is 11.6 Å². The van der Waals surface area contributed by atoms with Gasteiger partial charge >= 0.3 is 0 Å². The van der Waals surface area contributed by atoms with Crippen LogP contribution in [0.1, 0.15) is 5.56 Å². The lowest BCUT2D eigenvalue weighted by molar-refractivity contribution is -0.119. The van der Waals surface area contributed by atoms with Crippen LogP contribution >= 0.6 is 11.6 Å². The summed E-state index contributed by atoms with van der Waals surface area (Å²) in [4.78, 5) is 15.6. The lowest BCUT2D eigenvalue weighted by Gasteiger charge is -2.02. The van der Waals surface area contributed by atoms with Crippen molar-refractivity contribution in [2.75, 3.05) is 0 Å². The quantitative estimate of drug-likeness (QED) is 0.814. The summed E-state index contributed by atoms with van der Waals surface area (Å²) in [6.07, 6.45) is 5.50. The molecule has 82 valence electrons. The Bertz CT molecular complexity index is 462. The lowest BCUT2D eigenvalue weighted by Crippen LogP contribution is -2.11. The summed E-state index contributed by atoms with van der Waals surface area (Å²) < 4.78 is 1.76. The lowest BCUT2D eigenvalue weighted by atomic mass is 10.1. The number of rotatable bonds is 4. The number of aromatic nitrogens is 2. The second-order valence-corrected chi connectivity index (χ2v) is 4.01. The van der Waals surface area contributed by atoms with E-state index in [9.17, 15) is 4.79 Å². The van der Waals surface area contributed by atoms with Gasteiger partial charge in [-0.05, 0) is 17.7 Å². The number of ketones is 1. The summed E-state index contributed by atoms with van der Waals surface area (Å²) in [6, 6.07) is 7.32. The van der Waals surface area contributed by atoms with Gasteiger partial charge < -0.3 is 4.57 Å². The molecule has 3 nitrogen and oxygen atoms in total. The van der Waals surface area contributed by atoms with Crippen molar-refractivity contribution < 1.29 is 4.79 Å². The molecular formula is C12H11ClN2O. The largest absolute Gasteiger partial charge is 0.330 e. The Morgan fingerprint density at radius 3 is 2.69 bits per heavy atom. The average Bonchev–Trinajstić information content (AvgIpc) is 2.74. The van der Waals surface area contributed by atoms with Crippen molar-refractivity contribution in [1.82, 2.24) is 9.55 Å². The first-order valence-corrected chi connectivity index (χ1v) is 5.34. The first kappa shape index (κ1) is 10.9. The van der Waals surface area contributed by atoms with Gasteiger partial charge in [0.25, 0.3) is 0 Å². The van der Waals surface area contributed by atoms with Crippen LogP contribution < -0.4 is 0 Å². The topological polar surface area (TPSA) is 34.9 Å². The molecule has 2 aromatic rings. The Balaban J connectivity index is 1.95. The van der Waals surface area contributed by atoms with E-state index in [1.807, 2.05) is 12.1 Å². The highest BCUT2D eigenvalue weighted by molar-refractivity contribution is 6.30. The van der Waals surface area contributed by atoms with E-state index in [0.717, 1.165) is 5.56 Å². The number of carbonyl (C=O) groups excluding carboxylic acids is 1. The zero-order chi connectivity index (χ0) is 11.4. The minimum absolute atomic E-state index is 0.153. The van der Waals surface area contributed by atoms with Crippen LogP contribution in [0, 0.1) is 0 Å². The number of nitrogens with zero attached hydrogens (tertiary/aromatic N) is 2.